The second-order valence-electron chi connectivity index (χ2n) is 3.50. The zero-order valence-corrected chi connectivity index (χ0v) is 7.64. The number of nitrogens with one attached hydrogen (secondary N) is 1. The van der Waals surface area contributed by atoms with Gasteiger partial charge in [0.1, 0.15) is 5.60 Å². The molecule has 0 atom stereocenters. The molecule has 4 nitrogen and oxygen atoms in total. The lowest BCUT2D eigenvalue weighted by atomic mass is 9.88. The summed E-state index contributed by atoms with van der Waals surface area (Å²) in [5.74, 6) is 0. The van der Waals surface area contributed by atoms with Crippen molar-refractivity contribution in [2.75, 3.05) is 13.1 Å². The smallest absolute Gasteiger partial charge is 0.114 e. The first-order chi connectivity index (χ1) is 6.74. The Labute approximate surface area is 81.9 Å². The van der Waals surface area contributed by atoms with Crippen molar-refractivity contribution < 1.29 is 10.3 Å². The van der Waals surface area contributed by atoms with Crippen LogP contribution in [0.15, 0.2) is 29.4 Å². The largest absolute Gasteiger partial charge is 0.411 e. The molecule has 1 aromatic carbocycles. The minimum atomic E-state index is -0.713. The first kappa shape index (κ1) is 9.18. The molecular weight excluding hydrogens is 180 g/mol. The van der Waals surface area contributed by atoms with Gasteiger partial charge in [-0.15, -0.1) is 0 Å². The molecule has 0 aromatic heterocycles. The zero-order valence-electron chi connectivity index (χ0n) is 7.64. The average Bonchev–Trinajstić information content (AvgIpc) is 2.16. The van der Waals surface area contributed by atoms with Crippen molar-refractivity contribution in [2.24, 2.45) is 5.16 Å². The maximum Gasteiger partial charge on any atom is 0.114 e. The zero-order chi connectivity index (χ0) is 10.0. The van der Waals surface area contributed by atoms with E-state index in [4.69, 9.17) is 5.21 Å². The number of hydrogen-bond acceptors (Lipinski definition) is 4. The fourth-order valence-electron chi connectivity index (χ4n) is 1.51. The Morgan fingerprint density at radius 1 is 1.29 bits per heavy atom. The van der Waals surface area contributed by atoms with Gasteiger partial charge in [-0.05, 0) is 11.1 Å². The topological polar surface area (TPSA) is 64.9 Å². The summed E-state index contributed by atoms with van der Waals surface area (Å²) in [6, 6.07) is 7.31. The molecule has 14 heavy (non-hydrogen) atoms. The molecule has 4 heteroatoms. The molecule has 1 saturated heterocycles. The van der Waals surface area contributed by atoms with E-state index in [9.17, 15) is 5.11 Å². The van der Waals surface area contributed by atoms with Crippen LogP contribution in [0.5, 0.6) is 0 Å². The summed E-state index contributed by atoms with van der Waals surface area (Å²) >= 11 is 0. The maximum absolute atomic E-state index is 9.96. The number of β-amino-alcohol motifs (C(OH)–C–C–N with tert-alkyl or cyclic N) is 1. The Hall–Kier alpha value is -1.39. The van der Waals surface area contributed by atoms with Gasteiger partial charge in [0.25, 0.3) is 0 Å². The predicted octanol–water partition coefficient (Wildman–Crippen LogP) is 0.285. The number of hydrogen-bond donors (Lipinski definition) is 3. The van der Waals surface area contributed by atoms with Crippen LogP contribution in [-0.2, 0) is 5.60 Å². The molecule has 1 fully saturated rings. The van der Waals surface area contributed by atoms with Crippen molar-refractivity contribution in [2.45, 2.75) is 5.60 Å². The van der Waals surface area contributed by atoms with Crippen LogP contribution in [-0.4, -0.2) is 29.6 Å². The van der Waals surface area contributed by atoms with Gasteiger partial charge in [0.15, 0.2) is 0 Å². The summed E-state index contributed by atoms with van der Waals surface area (Å²) in [5.41, 5.74) is 0.994. The highest BCUT2D eigenvalue weighted by Gasteiger charge is 2.35. The van der Waals surface area contributed by atoms with E-state index in [1.807, 2.05) is 24.3 Å². The summed E-state index contributed by atoms with van der Waals surface area (Å²) in [5, 5.41) is 24.2. The van der Waals surface area contributed by atoms with Gasteiger partial charge < -0.3 is 15.6 Å². The minimum absolute atomic E-state index is 0.598. The number of nitrogens with zero attached hydrogens (tertiary/aromatic N) is 1. The summed E-state index contributed by atoms with van der Waals surface area (Å²) in [6.07, 6.45) is 1.35. The van der Waals surface area contributed by atoms with Gasteiger partial charge in [-0.1, -0.05) is 29.4 Å². The van der Waals surface area contributed by atoms with E-state index < -0.39 is 5.60 Å². The number of rotatable bonds is 2. The third kappa shape index (κ3) is 1.49. The van der Waals surface area contributed by atoms with E-state index in [2.05, 4.69) is 10.5 Å². The van der Waals surface area contributed by atoms with Gasteiger partial charge in [0.05, 0.1) is 6.21 Å². The molecule has 1 aliphatic rings. The Balaban J connectivity index is 2.21. The molecule has 0 bridgehead atoms. The lowest BCUT2D eigenvalue weighted by molar-refractivity contribution is -0.0146. The van der Waals surface area contributed by atoms with E-state index in [-0.39, 0.29) is 0 Å². The van der Waals surface area contributed by atoms with Crippen LogP contribution < -0.4 is 5.32 Å². The molecule has 0 radical (unpaired) electrons. The fraction of sp³-hybridized carbons (Fsp3) is 0.300. The number of aliphatic hydroxyl groups is 1. The monoisotopic (exact) mass is 192 g/mol. The van der Waals surface area contributed by atoms with Crippen LogP contribution in [0.25, 0.3) is 0 Å². The first-order valence-corrected chi connectivity index (χ1v) is 4.46. The molecule has 0 spiro atoms. The summed E-state index contributed by atoms with van der Waals surface area (Å²) < 4.78 is 0. The molecular formula is C10H12N2O2. The van der Waals surface area contributed by atoms with E-state index >= 15 is 0 Å². The minimum Gasteiger partial charge on any atom is -0.411 e. The molecule has 1 heterocycles. The fourth-order valence-corrected chi connectivity index (χ4v) is 1.51. The van der Waals surface area contributed by atoms with E-state index in [1.165, 1.54) is 6.21 Å². The van der Waals surface area contributed by atoms with Crippen LogP contribution in [0.4, 0.5) is 0 Å². The van der Waals surface area contributed by atoms with Crippen molar-refractivity contribution in [3.63, 3.8) is 0 Å². The highest BCUT2D eigenvalue weighted by molar-refractivity contribution is 5.79. The van der Waals surface area contributed by atoms with E-state index in [0.29, 0.717) is 13.1 Å². The van der Waals surface area contributed by atoms with Crippen molar-refractivity contribution >= 4 is 6.21 Å². The Kier molecular flexibility index (Phi) is 2.23. The summed E-state index contributed by atoms with van der Waals surface area (Å²) in [6.45, 7) is 1.20. The van der Waals surface area contributed by atoms with Gasteiger partial charge in [0, 0.05) is 13.1 Å². The lowest BCUT2D eigenvalue weighted by Gasteiger charge is -2.38. The maximum atomic E-state index is 9.96. The van der Waals surface area contributed by atoms with Crippen molar-refractivity contribution in [1.82, 2.24) is 5.32 Å². The first-order valence-electron chi connectivity index (χ1n) is 4.46. The molecule has 1 aromatic rings. The molecule has 0 saturated carbocycles. The third-order valence-electron chi connectivity index (χ3n) is 2.49. The number of oxime groups is 1. The van der Waals surface area contributed by atoms with Gasteiger partial charge in [0.2, 0.25) is 0 Å². The van der Waals surface area contributed by atoms with Gasteiger partial charge in [-0.3, -0.25) is 0 Å². The SMILES string of the molecule is O/N=C/c1ccc(C2(O)CNC2)cc1. The van der Waals surface area contributed by atoms with Gasteiger partial charge >= 0.3 is 0 Å². The molecule has 1 aliphatic heterocycles. The number of benzene rings is 1. The normalized spacial score (nSPS) is 19.5. The van der Waals surface area contributed by atoms with Crippen LogP contribution in [0.1, 0.15) is 11.1 Å². The van der Waals surface area contributed by atoms with Crippen molar-refractivity contribution in [3.8, 4) is 0 Å². The third-order valence-corrected chi connectivity index (χ3v) is 2.49. The van der Waals surface area contributed by atoms with Gasteiger partial charge in [-0.2, -0.15) is 0 Å². The highest BCUT2D eigenvalue weighted by Crippen LogP contribution is 2.24. The predicted molar refractivity (Wildman–Crippen MR) is 52.6 cm³/mol. The Morgan fingerprint density at radius 3 is 2.36 bits per heavy atom. The summed E-state index contributed by atoms with van der Waals surface area (Å²) in [4.78, 5) is 0. The van der Waals surface area contributed by atoms with Crippen molar-refractivity contribution in [3.05, 3.63) is 35.4 Å². The van der Waals surface area contributed by atoms with E-state index in [1.54, 1.807) is 0 Å². The Bertz CT molecular complexity index is 342. The van der Waals surface area contributed by atoms with E-state index in [0.717, 1.165) is 11.1 Å². The second kappa shape index (κ2) is 3.40. The second-order valence-corrected chi connectivity index (χ2v) is 3.50. The van der Waals surface area contributed by atoms with Crippen molar-refractivity contribution in [1.29, 1.82) is 0 Å². The standard InChI is InChI=1S/C10H12N2O2/c13-10(6-11-7-10)9-3-1-8(2-4-9)5-12-14/h1-5,11,13-14H,6-7H2/b12-5+. The molecule has 74 valence electrons. The van der Waals surface area contributed by atoms with Crippen LogP contribution >= 0.6 is 0 Å². The summed E-state index contributed by atoms with van der Waals surface area (Å²) in [7, 11) is 0. The molecule has 0 unspecified atom stereocenters. The molecule has 0 aliphatic carbocycles. The quantitative estimate of drug-likeness (QED) is 0.358. The van der Waals surface area contributed by atoms with Crippen LogP contribution in [0, 0.1) is 0 Å². The molecule has 0 amide bonds. The van der Waals surface area contributed by atoms with Crippen LogP contribution in [0.2, 0.25) is 0 Å². The lowest BCUT2D eigenvalue weighted by Crippen LogP contribution is -2.56. The molecule has 3 N–H and O–H groups in total. The average molecular weight is 192 g/mol. The van der Waals surface area contributed by atoms with Crippen LogP contribution in [0.3, 0.4) is 0 Å². The van der Waals surface area contributed by atoms with Gasteiger partial charge in [-0.25, -0.2) is 0 Å². The Morgan fingerprint density at radius 2 is 1.93 bits per heavy atom. The molecule has 2 rings (SSSR count). The highest BCUT2D eigenvalue weighted by atomic mass is 16.4.